The summed E-state index contributed by atoms with van der Waals surface area (Å²) in [6.45, 7) is 0. The summed E-state index contributed by atoms with van der Waals surface area (Å²) in [5.41, 5.74) is 9.30. The molecule has 0 saturated heterocycles. The van der Waals surface area contributed by atoms with Crippen molar-refractivity contribution in [3.8, 4) is 39.8 Å². The molecular formula is C53H33N5O. The highest BCUT2D eigenvalue weighted by molar-refractivity contribution is 6.24. The largest absolute Gasteiger partial charge is 0.308 e. The lowest BCUT2D eigenvalue weighted by Crippen LogP contribution is -2.20. The van der Waals surface area contributed by atoms with E-state index >= 15 is 4.79 Å². The van der Waals surface area contributed by atoms with Crippen molar-refractivity contribution in [1.82, 2.24) is 23.7 Å². The van der Waals surface area contributed by atoms with Gasteiger partial charge in [-0.25, -0.2) is 9.97 Å². The molecule has 8 aromatic carbocycles. The van der Waals surface area contributed by atoms with E-state index in [4.69, 9.17) is 9.97 Å². The second-order valence-electron chi connectivity index (χ2n) is 15.0. The van der Waals surface area contributed by atoms with E-state index < -0.39 is 0 Å². The lowest BCUT2D eigenvalue weighted by atomic mass is 10.0. The summed E-state index contributed by atoms with van der Waals surface area (Å²) in [5, 5.41) is 6.75. The number of fused-ring (bicyclic) bond motifs is 10. The smallest absolute Gasteiger partial charge is 0.265 e. The Balaban J connectivity index is 1.26. The fourth-order valence-corrected chi connectivity index (χ4v) is 9.07. The Morgan fingerprint density at radius 1 is 0.356 bits per heavy atom. The van der Waals surface area contributed by atoms with Crippen LogP contribution in [0.5, 0.6) is 0 Å². The summed E-state index contributed by atoms with van der Waals surface area (Å²) in [4.78, 5) is 25.9. The third-order valence-corrected chi connectivity index (χ3v) is 11.6. The summed E-state index contributed by atoms with van der Waals surface area (Å²) >= 11 is 0. The Morgan fingerprint density at radius 3 is 1.51 bits per heavy atom. The molecule has 0 amide bonds. The van der Waals surface area contributed by atoms with E-state index in [0.717, 1.165) is 93.9 Å². The lowest BCUT2D eigenvalue weighted by Gasteiger charge is -2.17. The SMILES string of the molecule is O=c1c2c(ccc3c4ccccc4n(-c4ccccc4)c32)c2cc3c(cc2n1-c1ccccc1)c1ccccc1n3-c1cc(-c2ccccc2)nc(-c2ccccc2)n1. The van der Waals surface area contributed by atoms with E-state index in [1.165, 1.54) is 0 Å². The van der Waals surface area contributed by atoms with Crippen LogP contribution in [0, 0.1) is 0 Å². The van der Waals surface area contributed by atoms with Crippen LogP contribution in [-0.4, -0.2) is 23.7 Å². The molecular weight excluding hydrogens is 723 g/mol. The van der Waals surface area contributed by atoms with Crippen molar-refractivity contribution >= 4 is 65.3 Å². The van der Waals surface area contributed by atoms with Gasteiger partial charge in [0, 0.05) is 55.5 Å². The van der Waals surface area contributed by atoms with Crippen molar-refractivity contribution in [1.29, 1.82) is 0 Å². The maximum atomic E-state index is 15.5. The molecule has 0 aliphatic heterocycles. The van der Waals surface area contributed by atoms with Gasteiger partial charge < -0.3 is 4.57 Å². The van der Waals surface area contributed by atoms with Crippen molar-refractivity contribution in [2.75, 3.05) is 0 Å². The normalized spacial score (nSPS) is 11.8. The topological polar surface area (TPSA) is 57.6 Å². The van der Waals surface area contributed by atoms with Crippen LogP contribution in [0.15, 0.2) is 205 Å². The van der Waals surface area contributed by atoms with Gasteiger partial charge in [0.2, 0.25) is 0 Å². The third kappa shape index (κ3) is 5.03. The van der Waals surface area contributed by atoms with Gasteiger partial charge in [0.1, 0.15) is 5.82 Å². The van der Waals surface area contributed by atoms with E-state index in [9.17, 15) is 0 Å². The molecule has 0 fully saturated rings. The van der Waals surface area contributed by atoms with Gasteiger partial charge in [-0.3, -0.25) is 13.9 Å². The predicted octanol–water partition coefficient (Wildman–Crippen LogP) is 12.5. The molecule has 0 spiro atoms. The number of nitrogens with zero attached hydrogens (tertiary/aromatic N) is 5. The number of aromatic nitrogens is 5. The summed E-state index contributed by atoms with van der Waals surface area (Å²) in [6.07, 6.45) is 0. The van der Waals surface area contributed by atoms with Crippen LogP contribution in [0.4, 0.5) is 0 Å². The maximum absolute atomic E-state index is 15.5. The van der Waals surface area contributed by atoms with Gasteiger partial charge in [0.05, 0.1) is 38.7 Å². The minimum absolute atomic E-state index is 0.0665. The van der Waals surface area contributed by atoms with E-state index in [0.29, 0.717) is 11.2 Å². The Morgan fingerprint density at radius 2 is 0.847 bits per heavy atom. The van der Waals surface area contributed by atoms with Crippen LogP contribution < -0.4 is 5.56 Å². The highest BCUT2D eigenvalue weighted by Gasteiger charge is 2.23. The fourth-order valence-electron chi connectivity index (χ4n) is 9.07. The molecule has 0 aliphatic rings. The molecule has 12 rings (SSSR count). The summed E-state index contributed by atoms with van der Waals surface area (Å²) in [6, 6.07) is 68.5. The van der Waals surface area contributed by atoms with Gasteiger partial charge in [0.25, 0.3) is 5.56 Å². The molecule has 0 atom stereocenters. The molecule has 4 aromatic heterocycles. The molecule has 0 radical (unpaired) electrons. The molecule has 12 aromatic rings. The molecule has 6 nitrogen and oxygen atoms in total. The predicted molar refractivity (Wildman–Crippen MR) is 242 cm³/mol. The Labute approximate surface area is 338 Å². The van der Waals surface area contributed by atoms with Crippen LogP contribution in [-0.2, 0) is 0 Å². The maximum Gasteiger partial charge on any atom is 0.265 e. The summed E-state index contributed by atoms with van der Waals surface area (Å²) in [5.74, 6) is 1.41. The first-order valence-electron chi connectivity index (χ1n) is 19.8. The first-order valence-corrected chi connectivity index (χ1v) is 19.8. The average molecular weight is 756 g/mol. The Kier molecular flexibility index (Phi) is 7.28. The number of hydrogen-bond acceptors (Lipinski definition) is 3. The minimum atomic E-state index is -0.0665. The zero-order valence-corrected chi connectivity index (χ0v) is 31.7. The molecule has 0 bridgehead atoms. The number of hydrogen-bond donors (Lipinski definition) is 0. The van der Waals surface area contributed by atoms with Gasteiger partial charge in [0.15, 0.2) is 5.82 Å². The summed E-state index contributed by atoms with van der Waals surface area (Å²) in [7, 11) is 0. The van der Waals surface area contributed by atoms with Crippen molar-refractivity contribution in [2.24, 2.45) is 0 Å². The van der Waals surface area contributed by atoms with Gasteiger partial charge in [-0.05, 0) is 53.9 Å². The van der Waals surface area contributed by atoms with E-state index in [2.05, 4.69) is 124 Å². The number of rotatable bonds is 5. The Hall–Kier alpha value is -8.09. The highest BCUT2D eigenvalue weighted by atomic mass is 16.1. The fraction of sp³-hybridized carbons (Fsp3) is 0. The molecule has 0 aliphatic carbocycles. The van der Waals surface area contributed by atoms with Gasteiger partial charge in [-0.15, -0.1) is 0 Å². The number of pyridine rings is 1. The molecule has 6 heteroatoms. The zero-order valence-electron chi connectivity index (χ0n) is 31.7. The monoisotopic (exact) mass is 755 g/mol. The van der Waals surface area contributed by atoms with E-state index in [-0.39, 0.29) is 5.56 Å². The number of para-hydroxylation sites is 4. The third-order valence-electron chi connectivity index (χ3n) is 11.6. The van der Waals surface area contributed by atoms with Crippen molar-refractivity contribution in [3.63, 3.8) is 0 Å². The second kappa shape index (κ2) is 13.0. The van der Waals surface area contributed by atoms with Crippen LogP contribution in [0.3, 0.4) is 0 Å². The van der Waals surface area contributed by atoms with E-state index in [1.54, 1.807) is 0 Å². The van der Waals surface area contributed by atoms with Crippen LogP contribution in [0.25, 0.3) is 105 Å². The van der Waals surface area contributed by atoms with Crippen LogP contribution in [0.1, 0.15) is 0 Å². The molecule has 4 heterocycles. The average Bonchev–Trinajstić information content (AvgIpc) is 3.82. The van der Waals surface area contributed by atoms with Gasteiger partial charge in [-0.1, -0.05) is 146 Å². The molecule has 276 valence electrons. The molecule has 0 unspecified atom stereocenters. The lowest BCUT2D eigenvalue weighted by molar-refractivity contribution is 1.05. The van der Waals surface area contributed by atoms with Crippen molar-refractivity contribution in [2.45, 2.75) is 0 Å². The second-order valence-corrected chi connectivity index (χ2v) is 15.0. The standard InChI is InChI=1S/C53H33N5O/c59-53-50-40(29-30-41-38-25-13-15-27-45(38)56(51(41)50)36-21-9-3-10-22-36)43-32-48-42(31-47(43)57(53)37-23-11-4-12-24-37)39-26-14-16-28-46(39)58(48)49-33-44(34-17-5-1-6-18-34)54-52(55-49)35-19-7-2-8-20-35/h1-33H. The van der Waals surface area contributed by atoms with Gasteiger partial charge >= 0.3 is 0 Å². The van der Waals surface area contributed by atoms with Crippen LogP contribution in [0.2, 0.25) is 0 Å². The quantitative estimate of drug-likeness (QED) is 0.164. The highest BCUT2D eigenvalue weighted by Crippen LogP contribution is 2.41. The molecule has 0 N–H and O–H groups in total. The van der Waals surface area contributed by atoms with Gasteiger partial charge in [-0.2, -0.15) is 0 Å². The van der Waals surface area contributed by atoms with Crippen molar-refractivity contribution in [3.05, 3.63) is 211 Å². The first kappa shape index (κ1) is 33.1. The zero-order chi connectivity index (χ0) is 39.0. The summed E-state index contributed by atoms with van der Waals surface area (Å²) < 4.78 is 6.41. The minimum Gasteiger partial charge on any atom is -0.308 e. The van der Waals surface area contributed by atoms with Crippen LogP contribution >= 0.6 is 0 Å². The number of benzene rings is 8. The van der Waals surface area contributed by atoms with E-state index in [1.807, 2.05) is 89.5 Å². The first-order chi connectivity index (χ1) is 29.2. The molecule has 0 saturated carbocycles. The Bertz CT molecular complexity index is 3610. The van der Waals surface area contributed by atoms with Crippen molar-refractivity contribution < 1.29 is 0 Å². The molecule has 59 heavy (non-hydrogen) atoms.